The van der Waals surface area contributed by atoms with E-state index in [0.717, 1.165) is 31.2 Å². The first-order chi connectivity index (χ1) is 8.49. The molecule has 0 atom stereocenters. The molecule has 0 spiro atoms. The van der Waals surface area contributed by atoms with Crippen molar-refractivity contribution in [2.45, 2.75) is 44.6 Å². The molecule has 2 rings (SSSR count). The molecule has 0 bridgehead atoms. The third-order valence-electron chi connectivity index (χ3n) is 3.88. The van der Waals surface area contributed by atoms with Gasteiger partial charge in [-0.25, -0.2) is 4.39 Å². The summed E-state index contributed by atoms with van der Waals surface area (Å²) in [4.78, 5) is 0. The number of rotatable bonds is 2. The molecule has 4 heteroatoms. The van der Waals surface area contributed by atoms with Crippen LogP contribution < -0.4 is 10.5 Å². The molecule has 1 aromatic carbocycles. The van der Waals surface area contributed by atoms with Gasteiger partial charge in [-0.15, -0.1) is 0 Å². The Morgan fingerprint density at radius 1 is 1.33 bits per heavy atom. The standard InChI is InChI=1S/C14H19ClFNO/c1-9-12(16)11(15)8-10(13(9)18-2)14(17)6-4-3-5-7-14/h8H,3-7,17H2,1-2H3. The highest BCUT2D eigenvalue weighted by Gasteiger charge is 2.34. The quantitative estimate of drug-likeness (QED) is 0.885. The summed E-state index contributed by atoms with van der Waals surface area (Å²) in [5, 5.41) is 0.124. The maximum atomic E-state index is 13.8. The second kappa shape index (κ2) is 5.06. The van der Waals surface area contributed by atoms with Crippen LogP contribution in [-0.2, 0) is 5.54 Å². The van der Waals surface area contributed by atoms with Gasteiger partial charge in [-0.3, -0.25) is 0 Å². The van der Waals surface area contributed by atoms with Crippen LogP contribution in [0.25, 0.3) is 0 Å². The Morgan fingerprint density at radius 2 is 1.94 bits per heavy atom. The Kier molecular flexibility index (Phi) is 3.83. The van der Waals surface area contributed by atoms with Gasteiger partial charge in [0.25, 0.3) is 0 Å². The Bertz CT molecular complexity index is 456. The van der Waals surface area contributed by atoms with E-state index in [9.17, 15) is 4.39 Å². The Labute approximate surface area is 112 Å². The number of methoxy groups -OCH3 is 1. The molecule has 100 valence electrons. The molecule has 2 nitrogen and oxygen atoms in total. The van der Waals surface area contributed by atoms with Crippen molar-refractivity contribution in [2.24, 2.45) is 5.73 Å². The Balaban J connectivity index is 2.55. The first kappa shape index (κ1) is 13.6. The lowest BCUT2D eigenvalue weighted by molar-refractivity contribution is 0.287. The van der Waals surface area contributed by atoms with E-state index < -0.39 is 11.4 Å². The molecule has 0 saturated heterocycles. The summed E-state index contributed by atoms with van der Waals surface area (Å²) in [6, 6.07) is 1.63. The van der Waals surface area contributed by atoms with Gasteiger partial charge in [0.2, 0.25) is 0 Å². The van der Waals surface area contributed by atoms with E-state index in [-0.39, 0.29) is 5.02 Å². The molecule has 18 heavy (non-hydrogen) atoms. The fraction of sp³-hybridized carbons (Fsp3) is 0.571. The zero-order valence-electron chi connectivity index (χ0n) is 10.9. The third-order valence-corrected chi connectivity index (χ3v) is 4.16. The predicted octanol–water partition coefficient (Wildman–Crippen LogP) is 3.91. The normalized spacial score (nSPS) is 18.7. The smallest absolute Gasteiger partial charge is 0.148 e. The lowest BCUT2D eigenvalue weighted by Crippen LogP contribution is -2.39. The van der Waals surface area contributed by atoms with Crippen LogP contribution in [0.4, 0.5) is 4.39 Å². The summed E-state index contributed by atoms with van der Waals surface area (Å²) in [6.45, 7) is 1.68. The SMILES string of the molecule is COc1c(C2(N)CCCCC2)cc(Cl)c(F)c1C. The highest BCUT2D eigenvalue weighted by molar-refractivity contribution is 6.31. The fourth-order valence-electron chi connectivity index (χ4n) is 2.82. The van der Waals surface area contributed by atoms with Gasteiger partial charge in [-0.05, 0) is 25.8 Å². The molecule has 0 heterocycles. The lowest BCUT2D eigenvalue weighted by atomic mass is 9.76. The molecular formula is C14H19ClFNO. The van der Waals surface area contributed by atoms with E-state index >= 15 is 0 Å². The van der Waals surface area contributed by atoms with Crippen LogP contribution in [0.3, 0.4) is 0 Å². The highest BCUT2D eigenvalue weighted by Crippen LogP contribution is 2.42. The first-order valence-electron chi connectivity index (χ1n) is 6.31. The molecule has 0 amide bonds. The Hall–Kier alpha value is -0.800. The van der Waals surface area contributed by atoms with Gasteiger partial charge in [0, 0.05) is 16.7 Å². The molecule has 1 aliphatic carbocycles. The molecule has 0 aliphatic heterocycles. The molecule has 1 saturated carbocycles. The summed E-state index contributed by atoms with van der Waals surface area (Å²) in [7, 11) is 1.55. The third kappa shape index (κ3) is 2.21. The minimum atomic E-state index is -0.439. The molecule has 0 unspecified atom stereocenters. The second-order valence-corrected chi connectivity index (χ2v) is 5.50. The first-order valence-corrected chi connectivity index (χ1v) is 6.69. The van der Waals surface area contributed by atoms with Crippen LogP contribution in [0.2, 0.25) is 5.02 Å². The van der Waals surface area contributed by atoms with Gasteiger partial charge < -0.3 is 10.5 Å². The average Bonchev–Trinajstić information content (AvgIpc) is 2.36. The van der Waals surface area contributed by atoms with Crippen molar-refractivity contribution in [1.82, 2.24) is 0 Å². The zero-order chi connectivity index (χ0) is 13.3. The lowest BCUT2D eigenvalue weighted by Gasteiger charge is -2.35. The van der Waals surface area contributed by atoms with Crippen molar-refractivity contribution in [3.63, 3.8) is 0 Å². The van der Waals surface area contributed by atoms with Crippen molar-refractivity contribution < 1.29 is 9.13 Å². The molecular weight excluding hydrogens is 253 g/mol. The molecule has 1 aliphatic rings. The number of ether oxygens (including phenoxy) is 1. The maximum absolute atomic E-state index is 13.8. The van der Waals surface area contributed by atoms with E-state index in [1.807, 2.05) is 0 Å². The van der Waals surface area contributed by atoms with Crippen LogP contribution in [0.15, 0.2) is 6.07 Å². The summed E-state index contributed by atoms with van der Waals surface area (Å²) < 4.78 is 19.1. The molecule has 0 aromatic heterocycles. The summed E-state index contributed by atoms with van der Waals surface area (Å²) in [6.07, 6.45) is 5.17. The minimum absolute atomic E-state index is 0.124. The molecule has 0 radical (unpaired) electrons. The Morgan fingerprint density at radius 3 is 2.50 bits per heavy atom. The van der Waals surface area contributed by atoms with Crippen LogP contribution in [0, 0.1) is 12.7 Å². The largest absolute Gasteiger partial charge is 0.496 e. The summed E-state index contributed by atoms with van der Waals surface area (Å²) in [5.41, 5.74) is 7.33. The highest BCUT2D eigenvalue weighted by atomic mass is 35.5. The van der Waals surface area contributed by atoms with E-state index in [2.05, 4.69) is 0 Å². The van der Waals surface area contributed by atoms with Gasteiger partial charge in [0.1, 0.15) is 11.6 Å². The van der Waals surface area contributed by atoms with Crippen LogP contribution in [0.5, 0.6) is 5.75 Å². The van der Waals surface area contributed by atoms with Gasteiger partial charge in [-0.1, -0.05) is 30.9 Å². The molecule has 1 aromatic rings. The number of nitrogens with two attached hydrogens (primary N) is 1. The van der Waals surface area contributed by atoms with Crippen molar-refractivity contribution >= 4 is 11.6 Å². The fourth-order valence-corrected chi connectivity index (χ4v) is 3.07. The van der Waals surface area contributed by atoms with Gasteiger partial charge >= 0.3 is 0 Å². The summed E-state index contributed by atoms with van der Waals surface area (Å²) in [5.74, 6) is 0.123. The van der Waals surface area contributed by atoms with Crippen LogP contribution >= 0.6 is 11.6 Å². The van der Waals surface area contributed by atoms with E-state index in [1.54, 1.807) is 20.1 Å². The number of hydrogen-bond donors (Lipinski definition) is 1. The van der Waals surface area contributed by atoms with Crippen molar-refractivity contribution in [2.75, 3.05) is 7.11 Å². The van der Waals surface area contributed by atoms with E-state index in [4.69, 9.17) is 22.1 Å². The number of hydrogen-bond acceptors (Lipinski definition) is 2. The predicted molar refractivity (Wildman–Crippen MR) is 71.6 cm³/mol. The average molecular weight is 272 g/mol. The number of halogens is 2. The van der Waals surface area contributed by atoms with Crippen molar-refractivity contribution in [3.05, 3.63) is 28.0 Å². The van der Waals surface area contributed by atoms with Crippen molar-refractivity contribution in [1.29, 1.82) is 0 Å². The summed E-state index contributed by atoms with van der Waals surface area (Å²) >= 11 is 5.94. The van der Waals surface area contributed by atoms with E-state index in [1.165, 1.54) is 6.42 Å². The van der Waals surface area contributed by atoms with Gasteiger partial charge in [0.15, 0.2) is 0 Å². The second-order valence-electron chi connectivity index (χ2n) is 5.09. The molecule has 2 N–H and O–H groups in total. The number of benzene rings is 1. The minimum Gasteiger partial charge on any atom is -0.496 e. The van der Waals surface area contributed by atoms with Gasteiger partial charge in [0.05, 0.1) is 12.1 Å². The maximum Gasteiger partial charge on any atom is 0.148 e. The van der Waals surface area contributed by atoms with Crippen LogP contribution in [-0.4, -0.2) is 7.11 Å². The van der Waals surface area contributed by atoms with E-state index in [0.29, 0.717) is 11.3 Å². The topological polar surface area (TPSA) is 35.2 Å². The molecule has 1 fully saturated rings. The monoisotopic (exact) mass is 271 g/mol. The van der Waals surface area contributed by atoms with Crippen molar-refractivity contribution in [3.8, 4) is 5.75 Å². The van der Waals surface area contributed by atoms with Crippen LogP contribution in [0.1, 0.15) is 43.2 Å². The zero-order valence-corrected chi connectivity index (χ0v) is 11.6. The van der Waals surface area contributed by atoms with Gasteiger partial charge in [-0.2, -0.15) is 0 Å².